The summed E-state index contributed by atoms with van der Waals surface area (Å²) in [6.45, 7) is 8.06. The van der Waals surface area contributed by atoms with Gasteiger partial charge in [-0.1, -0.05) is 63.6 Å². The maximum absolute atomic E-state index is 6.13. The van der Waals surface area contributed by atoms with Crippen LogP contribution in [0.5, 0.6) is 5.75 Å². The molecule has 0 saturated carbocycles. The second kappa shape index (κ2) is 18.3. The Kier molecular flexibility index (Phi) is 16.2. The van der Waals surface area contributed by atoms with Gasteiger partial charge in [0.1, 0.15) is 11.9 Å². The molecule has 0 aliphatic rings. The van der Waals surface area contributed by atoms with Crippen molar-refractivity contribution in [2.45, 2.75) is 71.3 Å². The van der Waals surface area contributed by atoms with E-state index in [1.165, 1.54) is 44.9 Å². The summed E-state index contributed by atoms with van der Waals surface area (Å²) in [6, 6.07) is 10.0. The van der Waals surface area contributed by atoms with Crippen LogP contribution in [0.2, 0.25) is 0 Å². The topological polar surface area (TPSA) is 36.9 Å². The molecular weight excluding hydrogens is 340 g/mol. The van der Waals surface area contributed by atoms with E-state index in [1.54, 1.807) is 0 Å². The molecule has 1 atom stereocenters. The lowest BCUT2D eigenvalue weighted by Crippen LogP contribution is -2.24. The molecule has 0 saturated heterocycles. The zero-order chi connectivity index (χ0) is 19.4. The molecule has 27 heavy (non-hydrogen) atoms. The first kappa shape index (κ1) is 23.9. The van der Waals surface area contributed by atoms with Gasteiger partial charge in [-0.25, -0.2) is 0 Å². The van der Waals surface area contributed by atoms with Crippen molar-refractivity contribution in [1.29, 1.82) is 0 Å². The molecule has 0 radical (unpaired) electrons. The molecule has 0 aliphatic heterocycles. The van der Waals surface area contributed by atoms with Crippen molar-refractivity contribution in [3.05, 3.63) is 30.3 Å². The van der Waals surface area contributed by atoms with Gasteiger partial charge in [-0.2, -0.15) is 0 Å². The quantitative estimate of drug-likeness (QED) is 0.291. The first-order chi connectivity index (χ1) is 13.4. The summed E-state index contributed by atoms with van der Waals surface area (Å²) in [5.74, 6) is 0.919. The number of hydrogen-bond acceptors (Lipinski definition) is 4. The minimum absolute atomic E-state index is 0.103. The van der Waals surface area contributed by atoms with Crippen molar-refractivity contribution in [1.82, 2.24) is 0 Å². The van der Waals surface area contributed by atoms with E-state index >= 15 is 0 Å². The van der Waals surface area contributed by atoms with Crippen molar-refractivity contribution in [3.8, 4) is 5.75 Å². The summed E-state index contributed by atoms with van der Waals surface area (Å²) < 4.78 is 22.7. The SMILES string of the molecule is CCCCCCCCCC(COCCOCCOCC)Oc1ccccc1. The lowest BCUT2D eigenvalue weighted by atomic mass is 10.1. The Hall–Kier alpha value is -1.10. The highest BCUT2D eigenvalue weighted by atomic mass is 16.6. The molecule has 1 unspecified atom stereocenters. The lowest BCUT2D eigenvalue weighted by Gasteiger charge is -2.19. The second-order valence-electron chi connectivity index (χ2n) is 6.85. The van der Waals surface area contributed by atoms with E-state index in [2.05, 4.69) is 6.92 Å². The molecule has 156 valence electrons. The van der Waals surface area contributed by atoms with Gasteiger partial charge in [0.15, 0.2) is 0 Å². The number of hydrogen-bond donors (Lipinski definition) is 0. The molecule has 0 amide bonds. The number of benzene rings is 1. The Morgan fingerprint density at radius 2 is 1.33 bits per heavy atom. The molecule has 0 aromatic heterocycles. The Morgan fingerprint density at radius 3 is 2.04 bits per heavy atom. The minimum atomic E-state index is 0.103. The van der Waals surface area contributed by atoms with E-state index < -0.39 is 0 Å². The Morgan fingerprint density at radius 1 is 0.704 bits per heavy atom. The van der Waals surface area contributed by atoms with Crippen molar-refractivity contribution in [3.63, 3.8) is 0 Å². The highest BCUT2D eigenvalue weighted by Crippen LogP contribution is 2.16. The highest BCUT2D eigenvalue weighted by Gasteiger charge is 2.11. The first-order valence-corrected chi connectivity index (χ1v) is 10.8. The van der Waals surface area contributed by atoms with Crippen LogP contribution >= 0.6 is 0 Å². The van der Waals surface area contributed by atoms with Gasteiger partial charge in [0.25, 0.3) is 0 Å². The minimum Gasteiger partial charge on any atom is -0.488 e. The van der Waals surface area contributed by atoms with Crippen LogP contribution < -0.4 is 4.74 Å². The lowest BCUT2D eigenvalue weighted by molar-refractivity contribution is -0.00515. The second-order valence-corrected chi connectivity index (χ2v) is 6.85. The summed E-state index contributed by atoms with van der Waals surface area (Å²) in [6.07, 6.45) is 10.3. The zero-order valence-electron chi connectivity index (χ0n) is 17.5. The molecule has 0 spiro atoms. The molecule has 0 N–H and O–H groups in total. The monoisotopic (exact) mass is 380 g/mol. The number of para-hydroxylation sites is 1. The molecule has 0 heterocycles. The van der Waals surface area contributed by atoms with Crippen LogP contribution in [0.25, 0.3) is 0 Å². The molecule has 1 rings (SSSR count). The molecule has 0 bridgehead atoms. The van der Waals surface area contributed by atoms with Gasteiger partial charge in [-0.15, -0.1) is 0 Å². The Balaban J connectivity index is 2.19. The predicted octanol–water partition coefficient (Wildman–Crippen LogP) is 5.64. The van der Waals surface area contributed by atoms with Crippen LogP contribution in [-0.4, -0.2) is 45.7 Å². The maximum atomic E-state index is 6.13. The van der Waals surface area contributed by atoms with Gasteiger partial charge in [0, 0.05) is 6.61 Å². The van der Waals surface area contributed by atoms with Crippen LogP contribution in [0.3, 0.4) is 0 Å². The fourth-order valence-electron chi connectivity index (χ4n) is 2.89. The molecule has 4 nitrogen and oxygen atoms in total. The fourth-order valence-corrected chi connectivity index (χ4v) is 2.89. The maximum Gasteiger partial charge on any atom is 0.122 e. The van der Waals surface area contributed by atoms with Crippen LogP contribution in [-0.2, 0) is 14.2 Å². The fraction of sp³-hybridized carbons (Fsp3) is 0.739. The third-order valence-corrected chi connectivity index (χ3v) is 4.43. The number of unbranched alkanes of at least 4 members (excludes halogenated alkanes) is 6. The molecular formula is C23H40O4. The van der Waals surface area contributed by atoms with Crippen molar-refractivity contribution >= 4 is 0 Å². The van der Waals surface area contributed by atoms with Crippen LogP contribution in [0.4, 0.5) is 0 Å². The zero-order valence-corrected chi connectivity index (χ0v) is 17.5. The number of rotatable bonds is 19. The van der Waals surface area contributed by atoms with Gasteiger partial charge in [0.05, 0.1) is 33.0 Å². The standard InChI is InChI=1S/C23H40O4/c1-3-5-6-7-8-9-11-16-23(27-22-14-12-10-13-15-22)21-26-20-19-25-18-17-24-4-2/h10,12-15,23H,3-9,11,16-21H2,1-2H3. The molecule has 1 aromatic carbocycles. The van der Waals surface area contributed by atoms with Crippen LogP contribution in [0, 0.1) is 0 Å². The van der Waals surface area contributed by atoms with E-state index in [1.807, 2.05) is 37.3 Å². The molecule has 1 aromatic rings. The molecule has 0 aliphatic carbocycles. The van der Waals surface area contributed by atoms with Crippen LogP contribution in [0.1, 0.15) is 65.2 Å². The molecule has 4 heteroatoms. The first-order valence-electron chi connectivity index (χ1n) is 10.8. The average molecular weight is 381 g/mol. The number of ether oxygens (including phenoxy) is 4. The van der Waals surface area contributed by atoms with Crippen molar-refractivity contribution in [2.75, 3.05) is 39.6 Å². The van der Waals surface area contributed by atoms with Crippen molar-refractivity contribution < 1.29 is 18.9 Å². The van der Waals surface area contributed by atoms with Gasteiger partial charge in [0.2, 0.25) is 0 Å². The Bertz CT molecular complexity index is 410. The third kappa shape index (κ3) is 14.6. The summed E-state index contributed by atoms with van der Waals surface area (Å²) in [4.78, 5) is 0. The van der Waals surface area contributed by atoms with E-state index in [4.69, 9.17) is 18.9 Å². The molecule has 0 fully saturated rings. The Labute approximate surface area is 166 Å². The smallest absolute Gasteiger partial charge is 0.122 e. The van der Waals surface area contributed by atoms with Gasteiger partial charge in [-0.05, 0) is 31.9 Å². The summed E-state index contributed by atoms with van der Waals surface area (Å²) in [5.41, 5.74) is 0. The average Bonchev–Trinajstić information content (AvgIpc) is 2.69. The third-order valence-electron chi connectivity index (χ3n) is 4.43. The normalized spacial score (nSPS) is 12.2. The summed E-state index contributed by atoms with van der Waals surface area (Å²) >= 11 is 0. The highest BCUT2D eigenvalue weighted by molar-refractivity contribution is 5.21. The van der Waals surface area contributed by atoms with Gasteiger partial charge in [-0.3, -0.25) is 0 Å². The summed E-state index contributed by atoms with van der Waals surface area (Å²) in [7, 11) is 0. The largest absolute Gasteiger partial charge is 0.488 e. The van der Waals surface area contributed by atoms with Crippen molar-refractivity contribution in [2.24, 2.45) is 0 Å². The van der Waals surface area contributed by atoms with E-state index in [9.17, 15) is 0 Å². The van der Waals surface area contributed by atoms with Gasteiger partial charge < -0.3 is 18.9 Å². The van der Waals surface area contributed by atoms with E-state index in [0.717, 1.165) is 18.8 Å². The van der Waals surface area contributed by atoms with E-state index in [-0.39, 0.29) is 6.10 Å². The predicted molar refractivity (Wildman–Crippen MR) is 112 cm³/mol. The van der Waals surface area contributed by atoms with Crippen LogP contribution in [0.15, 0.2) is 30.3 Å². The summed E-state index contributed by atoms with van der Waals surface area (Å²) in [5, 5.41) is 0. The van der Waals surface area contributed by atoms with E-state index in [0.29, 0.717) is 33.0 Å². The van der Waals surface area contributed by atoms with Gasteiger partial charge >= 0.3 is 0 Å².